The zero-order chi connectivity index (χ0) is 49.9. The van der Waals surface area contributed by atoms with Crippen molar-refractivity contribution in [2.75, 3.05) is 13.2 Å². The summed E-state index contributed by atoms with van der Waals surface area (Å²) in [6.45, 7) is 3.25. The van der Waals surface area contributed by atoms with Gasteiger partial charge in [0.2, 0.25) is 5.91 Å². The normalized spacial score (nSPS) is 20.4. The van der Waals surface area contributed by atoms with Crippen molar-refractivity contribution in [1.82, 2.24) is 5.32 Å². The largest absolute Gasteiger partial charge is 0.397 e. The minimum absolute atomic E-state index is 0.241. The van der Waals surface area contributed by atoms with Gasteiger partial charge in [-0.3, -0.25) is 9.35 Å². The molecule has 68 heavy (non-hydrogen) atoms. The number of carbonyl (C=O) groups excluding carboxylic acids is 1. The van der Waals surface area contributed by atoms with E-state index in [1.54, 1.807) is 6.08 Å². The van der Waals surface area contributed by atoms with Gasteiger partial charge < -0.3 is 40.3 Å². The molecule has 1 aliphatic heterocycles. The van der Waals surface area contributed by atoms with E-state index in [0.29, 0.717) is 12.8 Å². The van der Waals surface area contributed by atoms with Gasteiger partial charge in [0.25, 0.3) is 0 Å². The third kappa shape index (κ3) is 35.6. The van der Waals surface area contributed by atoms with Crippen molar-refractivity contribution in [3.8, 4) is 0 Å². The van der Waals surface area contributed by atoms with Crippen LogP contribution in [0.15, 0.2) is 24.3 Å². The van der Waals surface area contributed by atoms with Gasteiger partial charge in [0, 0.05) is 0 Å². The van der Waals surface area contributed by atoms with Crippen molar-refractivity contribution in [3.05, 3.63) is 24.3 Å². The highest BCUT2D eigenvalue weighted by molar-refractivity contribution is 7.80. The van der Waals surface area contributed by atoms with Gasteiger partial charge >= 0.3 is 10.4 Å². The predicted molar refractivity (Wildman–Crippen MR) is 275 cm³/mol. The Morgan fingerprint density at radius 3 is 1.41 bits per heavy atom. The second-order valence-electron chi connectivity index (χ2n) is 19.7. The van der Waals surface area contributed by atoms with Crippen LogP contribution < -0.4 is 5.32 Å². The molecule has 1 heterocycles. The molecule has 0 aromatic heterocycles. The Balaban J connectivity index is 2.49. The number of carbonyl (C=O) groups is 1. The van der Waals surface area contributed by atoms with Crippen LogP contribution in [0, 0.1) is 0 Å². The lowest BCUT2D eigenvalue weighted by Crippen LogP contribution is -2.61. The molecule has 0 radical (unpaired) electrons. The van der Waals surface area contributed by atoms with Crippen molar-refractivity contribution in [2.24, 2.45) is 0 Å². The van der Waals surface area contributed by atoms with Gasteiger partial charge in [-0.25, -0.2) is 4.18 Å². The zero-order valence-corrected chi connectivity index (χ0v) is 43.9. The van der Waals surface area contributed by atoms with E-state index in [-0.39, 0.29) is 6.42 Å². The molecule has 0 spiro atoms. The van der Waals surface area contributed by atoms with Gasteiger partial charge in [0.1, 0.15) is 30.5 Å². The molecule has 0 aliphatic carbocycles. The SMILES string of the molecule is CCCCCCCCCCCCCCCC/C=C/CC/C=C/C(O)C(COC1OC(CO)C(O)C(OS(=O)(=O)O)C1O)NC(=O)C(O)CCCCCCCCCCCCCCCCCCCCC. The molecule has 0 aromatic carbocycles. The van der Waals surface area contributed by atoms with Gasteiger partial charge in [0.15, 0.2) is 6.29 Å². The second kappa shape index (κ2) is 44.3. The maximum Gasteiger partial charge on any atom is 0.397 e. The van der Waals surface area contributed by atoms with Crippen LogP contribution in [0.25, 0.3) is 0 Å². The lowest BCUT2D eigenvalue weighted by molar-refractivity contribution is -0.298. The van der Waals surface area contributed by atoms with E-state index in [1.165, 1.54) is 186 Å². The van der Waals surface area contributed by atoms with Gasteiger partial charge in [0.05, 0.1) is 25.4 Å². The third-order valence-corrected chi connectivity index (χ3v) is 13.8. The Morgan fingerprint density at radius 2 is 0.985 bits per heavy atom. The maximum absolute atomic E-state index is 13.2. The van der Waals surface area contributed by atoms with E-state index in [2.05, 4.69) is 35.5 Å². The molecule has 0 aromatic rings. The first-order valence-corrected chi connectivity index (χ1v) is 29.2. The first kappa shape index (κ1) is 64.6. The van der Waals surface area contributed by atoms with E-state index in [0.717, 1.165) is 38.5 Å². The molecule has 7 N–H and O–H groups in total. The summed E-state index contributed by atoms with van der Waals surface area (Å²) in [5.74, 6) is -0.707. The third-order valence-electron chi connectivity index (χ3n) is 13.3. The van der Waals surface area contributed by atoms with Gasteiger partial charge in [-0.15, -0.1) is 0 Å². The summed E-state index contributed by atoms with van der Waals surface area (Å²) in [5.41, 5.74) is 0. The van der Waals surface area contributed by atoms with E-state index < -0.39 is 78.5 Å². The Bertz CT molecular complexity index is 1320. The van der Waals surface area contributed by atoms with Crippen LogP contribution in [-0.4, -0.2) is 107 Å². The van der Waals surface area contributed by atoms with Crippen molar-refractivity contribution < 1.29 is 57.0 Å². The summed E-state index contributed by atoms with van der Waals surface area (Å²) < 4.78 is 47.7. The molecule has 1 fully saturated rings. The highest BCUT2D eigenvalue weighted by Gasteiger charge is 2.48. The number of hydrogen-bond donors (Lipinski definition) is 7. The fraction of sp³-hybridized carbons (Fsp3) is 0.907. The zero-order valence-electron chi connectivity index (χ0n) is 43.0. The average molecular weight is 990 g/mol. The quantitative estimate of drug-likeness (QED) is 0.0172. The van der Waals surface area contributed by atoms with Crippen LogP contribution >= 0.6 is 0 Å². The monoisotopic (exact) mass is 990 g/mol. The number of ether oxygens (including phenoxy) is 2. The number of allylic oxidation sites excluding steroid dienone is 3. The van der Waals surface area contributed by atoms with Crippen molar-refractivity contribution in [2.45, 2.75) is 300 Å². The van der Waals surface area contributed by atoms with E-state index in [9.17, 15) is 43.3 Å². The molecule has 1 aliphatic rings. The number of amides is 1. The molecule has 13 nitrogen and oxygen atoms in total. The summed E-state index contributed by atoms with van der Waals surface area (Å²) in [6, 6.07) is -1.13. The molecule has 8 unspecified atom stereocenters. The highest BCUT2D eigenvalue weighted by Crippen LogP contribution is 2.26. The Morgan fingerprint density at radius 1 is 0.588 bits per heavy atom. The molecule has 8 atom stereocenters. The van der Waals surface area contributed by atoms with E-state index in [1.807, 2.05) is 0 Å². The Hall–Kier alpha value is -1.46. The Labute approximate surface area is 415 Å². The minimum atomic E-state index is -5.12. The standard InChI is InChI=1S/C54H103NO12S/c1-3-5-7-9-11-13-15-17-19-21-23-25-26-28-30-32-34-36-38-40-42-47(57)46(45-65-54-51(60)52(67-68(62,63)64)50(59)49(44-56)66-54)55-53(61)48(58)43-41-39-37-35-33-31-29-27-24-22-20-18-16-14-12-10-8-6-4-2/h32,34,40,42,46-52,54,56-60H,3-31,33,35-39,41,43-45H2,1-2H3,(H,55,61)(H,62,63,64)/b34-32+,42-40+. The van der Waals surface area contributed by atoms with E-state index in [4.69, 9.17) is 9.47 Å². The fourth-order valence-electron chi connectivity index (χ4n) is 8.95. The van der Waals surface area contributed by atoms with Crippen molar-refractivity contribution in [3.63, 3.8) is 0 Å². The smallest absolute Gasteiger partial charge is 0.394 e. The second-order valence-corrected chi connectivity index (χ2v) is 20.7. The van der Waals surface area contributed by atoms with Gasteiger partial charge in [-0.1, -0.05) is 244 Å². The minimum Gasteiger partial charge on any atom is -0.394 e. The maximum atomic E-state index is 13.2. The molecule has 0 saturated carbocycles. The molecule has 0 bridgehead atoms. The van der Waals surface area contributed by atoms with Crippen LogP contribution in [0.2, 0.25) is 0 Å². The summed E-state index contributed by atoms with van der Waals surface area (Å²) in [4.78, 5) is 13.2. The highest BCUT2D eigenvalue weighted by atomic mass is 32.3. The molecule has 1 saturated heterocycles. The molecule has 1 amide bonds. The lowest BCUT2D eigenvalue weighted by Gasteiger charge is -2.41. The molecular weight excluding hydrogens is 887 g/mol. The molecule has 402 valence electrons. The molecular formula is C54H103NO12S. The number of rotatable bonds is 48. The van der Waals surface area contributed by atoms with Gasteiger partial charge in [-0.05, 0) is 32.1 Å². The first-order chi connectivity index (χ1) is 32.9. The summed E-state index contributed by atoms with van der Waals surface area (Å²) >= 11 is 0. The van der Waals surface area contributed by atoms with Crippen molar-refractivity contribution >= 4 is 16.3 Å². The summed E-state index contributed by atoms with van der Waals surface area (Å²) in [5, 5.41) is 55.5. The lowest BCUT2D eigenvalue weighted by atomic mass is 9.99. The summed E-state index contributed by atoms with van der Waals surface area (Å²) in [6.07, 6.45) is 41.1. The number of unbranched alkanes of at least 4 members (excludes halogenated alkanes) is 33. The number of aliphatic hydroxyl groups excluding tert-OH is 5. The van der Waals surface area contributed by atoms with Crippen molar-refractivity contribution in [1.29, 1.82) is 0 Å². The Kier molecular flexibility index (Phi) is 42.0. The van der Waals surface area contributed by atoms with E-state index >= 15 is 0 Å². The topological polar surface area (TPSA) is 212 Å². The van der Waals surface area contributed by atoms with Crippen LogP contribution in [-0.2, 0) is 28.9 Å². The van der Waals surface area contributed by atoms with Crippen LogP contribution in [0.4, 0.5) is 0 Å². The molecule has 1 rings (SSSR count). The number of aliphatic hydroxyl groups is 5. The predicted octanol–water partition coefficient (Wildman–Crippen LogP) is 11.4. The first-order valence-electron chi connectivity index (χ1n) is 27.8. The average Bonchev–Trinajstić information content (AvgIpc) is 3.31. The summed E-state index contributed by atoms with van der Waals surface area (Å²) in [7, 11) is -5.12. The van der Waals surface area contributed by atoms with Gasteiger partial charge in [-0.2, -0.15) is 8.42 Å². The van der Waals surface area contributed by atoms with Crippen LogP contribution in [0.5, 0.6) is 0 Å². The molecule has 14 heteroatoms. The van der Waals surface area contributed by atoms with Crippen LogP contribution in [0.1, 0.15) is 251 Å². The van der Waals surface area contributed by atoms with Crippen LogP contribution in [0.3, 0.4) is 0 Å². The number of hydrogen-bond acceptors (Lipinski definition) is 11. The number of nitrogens with one attached hydrogen (secondary N) is 1. The fourth-order valence-corrected chi connectivity index (χ4v) is 9.46.